The SMILES string of the molecule is O=C(O)CCCCNC(=O)CC(P(=O)(O)O)P(=O)(O)O. The van der Waals surface area contributed by atoms with Gasteiger partial charge in [-0.3, -0.25) is 18.7 Å². The Morgan fingerprint density at radius 1 is 1.00 bits per heavy atom. The van der Waals surface area contributed by atoms with Crippen molar-refractivity contribution in [3.05, 3.63) is 0 Å². The van der Waals surface area contributed by atoms with E-state index >= 15 is 0 Å². The fourth-order valence-corrected chi connectivity index (χ4v) is 3.68. The summed E-state index contributed by atoms with van der Waals surface area (Å²) in [6.07, 6.45) is -0.457. The molecule has 0 fully saturated rings. The van der Waals surface area contributed by atoms with Crippen LogP contribution in [-0.4, -0.2) is 48.5 Å². The Morgan fingerprint density at radius 3 is 1.90 bits per heavy atom. The summed E-state index contributed by atoms with van der Waals surface area (Å²) in [4.78, 5) is 56.8. The maximum Gasteiger partial charge on any atom is 0.341 e. The minimum atomic E-state index is -5.11. The molecule has 1 amide bonds. The van der Waals surface area contributed by atoms with Crippen LogP contribution in [0, 0.1) is 0 Å². The maximum atomic E-state index is 11.3. The zero-order chi connectivity index (χ0) is 16.0. The average molecular weight is 333 g/mol. The molecule has 0 unspecified atom stereocenters. The van der Waals surface area contributed by atoms with Gasteiger partial charge in [0, 0.05) is 13.0 Å². The highest BCUT2D eigenvalue weighted by atomic mass is 31.2. The van der Waals surface area contributed by atoms with Crippen molar-refractivity contribution in [3.8, 4) is 0 Å². The Kier molecular flexibility index (Phi) is 7.57. The highest BCUT2D eigenvalue weighted by Crippen LogP contribution is 2.61. The normalized spacial score (nSPS) is 12.4. The lowest BCUT2D eigenvalue weighted by Gasteiger charge is -2.18. The molecule has 0 saturated heterocycles. The number of amides is 1. The molecular formula is C8H17NO9P2. The van der Waals surface area contributed by atoms with Gasteiger partial charge in [-0.25, -0.2) is 0 Å². The molecule has 0 radical (unpaired) electrons. The number of hydrogen-bond acceptors (Lipinski definition) is 4. The number of aliphatic carboxylic acids is 1. The Hall–Kier alpha value is -0.760. The van der Waals surface area contributed by atoms with E-state index in [2.05, 4.69) is 5.32 Å². The molecule has 6 N–H and O–H groups in total. The summed E-state index contributed by atoms with van der Waals surface area (Å²) in [5.74, 6) is -1.91. The molecule has 0 atom stereocenters. The van der Waals surface area contributed by atoms with Crippen LogP contribution in [0.3, 0.4) is 0 Å². The van der Waals surface area contributed by atoms with E-state index in [1.54, 1.807) is 0 Å². The lowest BCUT2D eigenvalue weighted by molar-refractivity contribution is -0.137. The number of hydrogen-bond donors (Lipinski definition) is 6. The molecule has 0 aromatic carbocycles. The Labute approximate surface area is 114 Å². The first kappa shape index (κ1) is 19.2. The van der Waals surface area contributed by atoms with Crippen LogP contribution >= 0.6 is 15.2 Å². The Bertz CT molecular complexity index is 417. The molecule has 0 bridgehead atoms. The van der Waals surface area contributed by atoms with Crippen molar-refractivity contribution in [2.24, 2.45) is 0 Å². The summed E-state index contributed by atoms with van der Waals surface area (Å²) in [7, 11) is -10.2. The van der Waals surface area contributed by atoms with Crippen molar-refractivity contribution in [3.63, 3.8) is 0 Å². The van der Waals surface area contributed by atoms with Crippen molar-refractivity contribution in [2.45, 2.75) is 31.1 Å². The van der Waals surface area contributed by atoms with Gasteiger partial charge >= 0.3 is 21.2 Å². The van der Waals surface area contributed by atoms with Gasteiger partial charge in [0.05, 0.1) is 6.42 Å². The molecule has 0 rings (SSSR count). The molecule has 20 heavy (non-hydrogen) atoms. The van der Waals surface area contributed by atoms with E-state index in [1.165, 1.54) is 0 Å². The van der Waals surface area contributed by atoms with Crippen LogP contribution in [0.5, 0.6) is 0 Å². The molecular weight excluding hydrogens is 316 g/mol. The maximum absolute atomic E-state index is 11.3. The van der Waals surface area contributed by atoms with Gasteiger partial charge < -0.3 is 30.0 Å². The van der Waals surface area contributed by atoms with Crippen LogP contribution in [0.1, 0.15) is 25.7 Å². The number of carbonyl (C=O) groups is 2. The van der Waals surface area contributed by atoms with Gasteiger partial charge in [-0.1, -0.05) is 0 Å². The molecule has 0 aromatic heterocycles. The number of carboxylic acid groups (broad SMARTS) is 1. The number of rotatable bonds is 9. The first-order valence-electron chi connectivity index (χ1n) is 5.53. The van der Waals surface area contributed by atoms with E-state index in [9.17, 15) is 18.7 Å². The topological polar surface area (TPSA) is 181 Å². The smallest absolute Gasteiger partial charge is 0.341 e. The molecule has 0 aliphatic heterocycles. The van der Waals surface area contributed by atoms with Crippen molar-refractivity contribution < 1.29 is 43.4 Å². The van der Waals surface area contributed by atoms with Gasteiger partial charge in [0.2, 0.25) is 5.91 Å². The molecule has 0 heterocycles. The van der Waals surface area contributed by atoms with Gasteiger partial charge in [-0.2, -0.15) is 0 Å². The second-order valence-corrected chi connectivity index (χ2v) is 8.07. The largest absolute Gasteiger partial charge is 0.481 e. The molecule has 0 saturated carbocycles. The van der Waals surface area contributed by atoms with Crippen LogP contribution in [0.15, 0.2) is 0 Å². The summed E-state index contributed by atoms with van der Waals surface area (Å²) in [5.41, 5.74) is 0. The lowest BCUT2D eigenvalue weighted by Crippen LogP contribution is -2.28. The van der Waals surface area contributed by atoms with Crippen LogP contribution in [-0.2, 0) is 18.7 Å². The quantitative estimate of drug-likeness (QED) is 0.238. The molecule has 0 aromatic rings. The number of unbranched alkanes of at least 4 members (excludes halogenated alkanes) is 1. The van der Waals surface area contributed by atoms with Gasteiger partial charge in [0.25, 0.3) is 0 Å². The van der Waals surface area contributed by atoms with Crippen LogP contribution in [0.2, 0.25) is 0 Å². The van der Waals surface area contributed by atoms with Gasteiger partial charge in [0.1, 0.15) is 0 Å². The predicted octanol–water partition coefficient (Wildman–Crippen LogP) is -0.571. The van der Waals surface area contributed by atoms with Gasteiger partial charge in [0.15, 0.2) is 5.40 Å². The van der Waals surface area contributed by atoms with Crippen molar-refractivity contribution in [2.75, 3.05) is 6.54 Å². The van der Waals surface area contributed by atoms with E-state index in [-0.39, 0.29) is 13.0 Å². The molecule has 12 heteroatoms. The van der Waals surface area contributed by atoms with E-state index in [1.807, 2.05) is 0 Å². The highest BCUT2D eigenvalue weighted by molar-refractivity contribution is 7.70. The standard InChI is InChI=1S/C8H17NO9P2/c10-6(9-4-2-1-3-7(11)12)5-8(19(13,14)15)20(16,17)18/h8H,1-5H2,(H,9,10)(H,11,12)(H2,13,14,15)(H2,16,17,18). The van der Waals surface area contributed by atoms with Crippen molar-refractivity contribution >= 4 is 27.1 Å². The summed E-state index contributed by atoms with van der Waals surface area (Å²) >= 11 is 0. The second kappa shape index (κ2) is 7.87. The molecule has 0 spiro atoms. The third-order valence-electron chi connectivity index (χ3n) is 2.28. The Balaban J connectivity index is 4.26. The van der Waals surface area contributed by atoms with E-state index < -0.39 is 38.9 Å². The average Bonchev–Trinajstić information content (AvgIpc) is 2.21. The summed E-state index contributed by atoms with van der Waals surface area (Å²) in [5, 5.41) is 8.21. The summed E-state index contributed by atoms with van der Waals surface area (Å²) < 4.78 is 21.8. The number of carbonyl (C=O) groups excluding carboxylic acids is 1. The zero-order valence-electron chi connectivity index (χ0n) is 10.4. The minimum Gasteiger partial charge on any atom is -0.481 e. The third kappa shape index (κ3) is 8.42. The number of carboxylic acids is 1. The van der Waals surface area contributed by atoms with E-state index in [0.717, 1.165) is 0 Å². The summed E-state index contributed by atoms with van der Waals surface area (Å²) in [6.45, 7) is 0.0567. The highest BCUT2D eigenvalue weighted by Gasteiger charge is 2.44. The first-order valence-corrected chi connectivity index (χ1v) is 8.90. The minimum absolute atomic E-state index is 0.0567. The van der Waals surface area contributed by atoms with Crippen molar-refractivity contribution in [1.82, 2.24) is 5.32 Å². The molecule has 118 valence electrons. The molecule has 0 aliphatic rings. The number of nitrogens with one attached hydrogen (secondary N) is 1. The fraction of sp³-hybridized carbons (Fsp3) is 0.750. The predicted molar refractivity (Wildman–Crippen MR) is 67.0 cm³/mol. The second-order valence-electron chi connectivity index (χ2n) is 4.06. The van der Waals surface area contributed by atoms with Crippen LogP contribution in [0.25, 0.3) is 0 Å². The third-order valence-corrected chi connectivity index (χ3v) is 6.01. The zero-order valence-corrected chi connectivity index (χ0v) is 12.2. The van der Waals surface area contributed by atoms with Gasteiger partial charge in [-0.15, -0.1) is 0 Å². The Morgan fingerprint density at radius 2 is 1.50 bits per heavy atom. The molecule has 10 nitrogen and oxygen atoms in total. The van der Waals surface area contributed by atoms with E-state index in [4.69, 9.17) is 24.7 Å². The van der Waals surface area contributed by atoms with Crippen LogP contribution < -0.4 is 5.32 Å². The lowest BCUT2D eigenvalue weighted by atomic mass is 10.2. The van der Waals surface area contributed by atoms with Crippen LogP contribution in [0.4, 0.5) is 0 Å². The first-order chi connectivity index (χ1) is 8.94. The van der Waals surface area contributed by atoms with E-state index in [0.29, 0.717) is 12.8 Å². The van der Waals surface area contributed by atoms with Gasteiger partial charge in [-0.05, 0) is 12.8 Å². The van der Waals surface area contributed by atoms with Crippen molar-refractivity contribution in [1.29, 1.82) is 0 Å². The molecule has 0 aliphatic carbocycles. The monoisotopic (exact) mass is 333 g/mol. The fourth-order valence-electron chi connectivity index (χ4n) is 1.30. The summed E-state index contributed by atoms with van der Waals surface area (Å²) in [6, 6.07) is 0.